The van der Waals surface area contributed by atoms with Crippen LogP contribution in [0.3, 0.4) is 0 Å². The summed E-state index contributed by atoms with van der Waals surface area (Å²) >= 11 is 0. The van der Waals surface area contributed by atoms with E-state index in [9.17, 15) is 4.79 Å². The van der Waals surface area contributed by atoms with Crippen LogP contribution in [0.25, 0.3) is 0 Å². The standard InChI is InChI=1S/C22H36N2O4/c1-15(2)18-8-7-16(3)9-10-24(18)14-21(25)23-13-17-11-19(26-4)22(28-6)20(12-17)27-5/h11-12,15-16,18H,7-10,13-14H2,1-6H3,(H,23,25). The lowest BCUT2D eigenvalue weighted by Gasteiger charge is -2.32. The highest BCUT2D eigenvalue weighted by atomic mass is 16.5. The molecule has 2 unspecified atom stereocenters. The minimum atomic E-state index is 0.0500. The van der Waals surface area contributed by atoms with Crippen molar-refractivity contribution in [1.82, 2.24) is 10.2 Å². The van der Waals surface area contributed by atoms with Crippen molar-refractivity contribution >= 4 is 5.91 Å². The Morgan fingerprint density at radius 2 is 1.75 bits per heavy atom. The van der Waals surface area contributed by atoms with Gasteiger partial charge in [-0.1, -0.05) is 20.8 Å². The van der Waals surface area contributed by atoms with E-state index in [4.69, 9.17) is 14.2 Å². The molecule has 158 valence electrons. The molecule has 1 aliphatic heterocycles. The number of likely N-dealkylation sites (tertiary alicyclic amines) is 1. The van der Waals surface area contributed by atoms with Crippen molar-refractivity contribution < 1.29 is 19.0 Å². The first-order valence-electron chi connectivity index (χ1n) is 10.2. The number of hydrogen-bond acceptors (Lipinski definition) is 5. The normalized spacial score (nSPS) is 20.5. The molecule has 0 aromatic heterocycles. The summed E-state index contributed by atoms with van der Waals surface area (Å²) in [5.74, 6) is 3.06. The average Bonchev–Trinajstić information content (AvgIpc) is 2.86. The molecule has 0 spiro atoms. The fraction of sp³-hybridized carbons (Fsp3) is 0.682. The molecular formula is C22H36N2O4. The second-order valence-electron chi connectivity index (χ2n) is 8.06. The molecule has 1 aliphatic rings. The van der Waals surface area contributed by atoms with Crippen molar-refractivity contribution in [2.45, 2.75) is 52.6 Å². The number of carbonyl (C=O) groups is 1. The average molecular weight is 393 g/mol. The van der Waals surface area contributed by atoms with E-state index in [1.165, 1.54) is 12.8 Å². The van der Waals surface area contributed by atoms with Crippen LogP contribution in [-0.4, -0.2) is 51.3 Å². The molecule has 28 heavy (non-hydrogen) atoms. The van der Waals surface area contributed by atoms with Crippen LogP contribution in [0.2, 0.25) is 0 Å². The summed E-state index contributed by atoms with van der Waals surface area (Å²) in [5.41, 5.74) is 0.910. The predicted molar refractivity (Wildman–Crippen MR) is 111 cm³/mol. The Bertz CT molecular complexity index is 622. The van der Waals surface area contributed by atoms with Crippen LogP contribution in [0.1, 0.15) is 45.6 Å². The number of benzene rings is 1. The van der Waals surface area contributed by atoms with Gasteiger partial charge < -0.3 is 19.5 Å². The van der Waals surface area contributed by atoms with Crippen molar-refractivity contribution in [3.63, 3.8) is 0 Å². The Balaban J connectivity index is 2.01. The second-order valence-corrected chi connectivity index (χ2v) is 8.06. The molecule has 1 aromatic carbocycles. The molecule has 2 rings (SSSR count). The first kappa shape index (κ1) is 22.3. The number of methoxy groups -OCH3 is 3. The number of nitrogens with zero attached hydrogens (tertiary/aromatic N) is 1. The van der Waals surface area contributed by atoms with Crippen LogP contribution < -0.4 is 19.5 Å². The Hall–Kier alpha value is -1.95. The van der Waals surface area contributed by atoms with Crippen molar-refractivity contribution in [3.05, 3.63) is 17.7 Å². The van der Waals surface area contributed by atoms with Gasteiger partial charge in [0.05, 0.1) is 27.9 Å². The van der Waals surface area contributed by atoms with Gasteiger partial charge in [0.2, 0.25) is 11.7 Å². The zero-order valence-electron chi connectivity index (χ0n) is 18.2. The molecule has 1 N–H and O–H groups in total. The van der Waals surface area contributed by atoms with E-state index >= 15 is 0 Å². The number of carbonyl (C=O) groups excluding carboxylic acids is 1. The smallest absolute Gasteiger partial charge is 0.234 e. The highest BCUT2D eigenvalue weighted by molar-refractivity contribution is 5.78. The van der Waals surface area contributed by atoms with Gasteiger partial charge in [0, 0.05) is 12.6 Å². The topological polar surface area (TPSA) is 60.0 Å². The van der Waals surface area contributed by atoms with Crippen LogP contribution in [0.5, 0.6) is 17.2 Å². The van der Waals surface area contributed by atoms with E-state index in [2.05, 4.69) is 31.0 Å². The first-order valence-corrected chi connectivity index (χ1v) is 10.2. The quantitative estimate of drug-likeness (QED) is 0.734. The first-order chi connectivity index (χ1) is 13.4. The number of rotatable bonds is 8. The molecule has 1 aromatic rings. The van der Waals surface area contributed by atoms with Gasteiger partial charge in [-0.25, -0.2) is 0 Å². The molecule has 1 saturated heterocycles. The summed E-state index contributed by atoms with van der Waals surface area (Å²) in [6.07, 6.45) is 3.56. The minimum Gasteiger partial charge on any atom is -0.493 e. The SMILES string of the molecule is COc1cc(CNC(=O)CN2CCC(C)CCC2C(C)C)cc(OC)c1OC. The third kappa shape index (κ3) is 5.77. The molecule has 0 saturated carbocycles. The Labute approximate surface area is 169 Å². The van der Waals surface area contributed by atoms with Gasteiger partial charge in [-0.3, -0.25) is 9.69 Å². The zero-order chi connectivity index (χ0) is 20.7. The maximum absolute atomic E-state index is 12.6. The fourth-order valence-electron chi connectivity index (χ4n) is 3.96. The highest BCUT2D eigenvalue weighted by Gasteiger charge is 2.27. The van der Waals surface area contributed by atoms with Crippen molar-refractivity contribution in [1.29, 1.82) is 0 Å². The van der Waals surface area contributed by atoms with Crippen molar-refractivity contribution in [2.24, 2.45) is 11.8 Å². The Morgan fingerprint density at radius 3 is 2.29 bits per heavy atom. The van der Waals surface area contributed by atoms with Gasteiger partial charge in [-0.05, 0) is 55.3 Å². The van der Waals surface area contributed by atoms with Crippen molar-refractivity contribution in [3.8, 4) is 17.2 Å². The lowest BCUT2D eigenvalue weighted by atomic mass is 9.95. The van der Waals surface area contributed by atoms with E-state index < -0.39 is 0 Å². The van der Waals surface area contributed by atoms with E-state index in [0.29, 0.717) is 42.3 Å². The third-order valence-corrected chi connectivity index (χ3v) is 5.66. The largest absolute Gasteiger partial charge is 0.493 e. The van der Waals surface area contributed by atoms with Gasteiger partial charge in [0.1, 0.15) is 0 Å². The van der Waals surface area contributed by atoms with Crippen LogP contribution >= 0.6 is 0 Å². The van der Waals surface area contributed by atoms with Gasteiger partial charge in [0.25, 0.3) is 0 Å². The van der Waals surface area contributed by atoms with E-state index in [1.807, 2.05) is 12.1 Å². The number of hydrogen-bond donors (Lipinski definition) is 1. The molecule has 1 fully saturated rings. The molecule has 6 nitrogen and oxygen atoms in total. The zero-order valence-corrected chi connectivity index (χ0v) is 18.2. The number of nitrogens with one attached hydrogen (secondary N) is 1. The summed E-state index contributed by atoms with van der Waals surface area (Å²) in [4.78, 5) is 15.0. The van der Waals surface area contributed by atoms with E-state index in [-0.39, 0.29) is 5.91 Å². The van der Waals surface area contributed by atoms with Crippen LogP contribution in [-0.2, 0) is 11.3 Å². The monoisotopic (exact) mass is 392 g/mol. The summed E-state index contributed by atoms with van der Waals surface area (Å²) in [6.45, 7) is 8.67. The Morgan fingerprint density at radius 1 is 1.11 bits per heavy atom. The fourth-order valence-corrected chi connectivity index (χ4v) is 3.96. The highest BCUT2D eigenvalue weighted by Crippen LogP contribution is 2.38. The van der Waals surface area contributed by atoms with Gasteiger partial charge in [0.15, 0.2) is 11.5 Å². The number of ether oxygens (including phenoxy) is 3. The molecular weight excluding hydrogens is 356 g/mol. The number of amides is 1. The summed E-state index contributed by atoms with van der Waals surface area (Å²) in [5, 5.41) is 3.04. The molecule has 6 heteroatoms. The Kier molecular flexibility index (Phi) is 8.42. The minimum absolute atomic E-state index is 0.0500. The van der Waals surface area contributed by atoms with Gasteiger partial charge in [-0.2, -0.15) is 0 Å². The van der Waals surface area contributed by atoms with E-state index in [0.717, 1.165) is 24.4 Å². The summed E-state index contributed by atoms with van der Waals surface area (Å²) < 4.78 is 16.1. The third-order valence-electron chi connectivity index (χ3n) is 5.66. The van der Waals surface area contributed by atoms with Gasteiger partial charge >= 0.3 is 0 Å². The van der Waals surface area contributed by atoms with Crippen molar-refractivity contribution in [2.75, 3.05) is 34.4 Å². The van der Waals surface area contributed by atoms with Crippen LogP contribution in [0.15, 0.2) is 12.1 Å². The molecule has 1 heterocycles. The summed E-state index contributed by atoms with van der Waals surface area (Å²) in [7, 11) is 4.76. The van der Waals surface area contributed by atoms with E-state index in [1.54, 1.807) is 21.3 Å². The molecule has 0 radical (unpaired) electrons. The lowest BCUT2D eigenvalue weighted by Crippen LogP contribution is -2.44. The molecule has 0 bridgehead atoms. The summed E-state index contributed by atoms with van der Waals surface area (Å²) in [6, 6.07) is 4.20. The molecule has 0 aliphatic carbocycles. The van der Waals surface area contributed by atoms with Gasteiger partial charge in [-0.15, -0.1) is 0 Å². The predicted octanol–water partition coefficient (Wildman–Crippen LogP) is 3.48. The maximum atomic E-state index is 12.6. The van der Waals surface area contributed by atoms with Crippen LogP contribution in [0.4, 0.5) is 0 Å². The lowest BCUT2D eigenvalue weighted by molar-refractivity contribution is -0.123. The van der Waals surface area contributed by atoms with Crippen LogP contribution in [0, 0.1) is 11.8 Å². The second kappa shape index (κ2) is 10.6. The molecule has 1 amide bonds. The maximum Gasteiger partial charge on any atom is 0.234 e. The molecule has 2 atom stereocenters.